The van der Waals surface area contributed by atoms with Crippen LogP contribution in [0.2, 0.25) is 15.1 Å². The molecule has 0 spiro atoms. The van der Waals surface area contributed by atoms with Crippen LogP contribution in [0.5, 0.6) is 0 Å². The second kappa shape index (κ2) is 10.0. The Morgan fingerprint density at radius 1 is 1.00 bits per heavy atom. The first-order valence-corrected chi connectivity index (χ1v) is 11.8. The van der Waals surface area contributed by atoms with Crippen LogP contribution >= 0.6 is 46.6 Å². The summed E-state index contributed by atoms with van der Waals surface area (Å²) >= 11 is 19.7. The molecule has 0 saturated heterocycles. The quantitative estimate of drug-likeness (QED) is 0.277. The van der Waals surface area contributed by atoms with Crippen LogP contribution in [0.25, 0.3) is 16.9 Å². The summed E-state index contributed by atoms with van der Waals surface area (Å²) in [6.07, 6.45) is 1.77. The molecule has 0 saturated carbocycles. The molecule has 4 rings (SSSR count). The molecular formula is C24H18Cl3N3OS. The average Bonchev–Trinajstić information content (AvgIpc) is 3.19. The number of rotatable bonds is 6. The Morgan fingerprint density at radius 2 is 1.78 bits per heavy atom. The second-order valence-electron chi connectivity index (χ2n) is 7.07. The van der Waals surface area contributed by atoms with Crippen molar-refractivity contribution in [3.8, 4) is 16.9 Å². The molecule has 0 fully saturated rings. The van der Waals surface area contributed by atoms with Crippen molar-refractivity contribution in [3.63, 3.8) is 0 Å². The predicted molar refractivity (Wildman–Crippen MR) is 135 cm³/mol. The number of amides is 1. The van der Waals surface area contributed by atoms with Crippen molar-refractivity contribution in [2.75, 3.05) is 11.1 Å². The zero-order chi connectivity index (χ0) is 22.7. The number of imidazole rings is 1. The summed E-state index contributed by atoms with van der Waals surface area (Å²) in [7, 11) is 0. The lowest BCUT2D eigenvalue weighted by Crippen LogP contribution is -2.14. The lowest BCUT2D eigenvalue weighted by atomic mass is 10.1. The highest BCUT2D eigenvalue weighted by Gasteiger charge is 2.16. The normalized spacial score (nSPS) is 10.9. The van der Waals surface area contributed by atoms with E-state index in [9.17, 15) is 4.79 Å². The monoisotopic (exact) mass is 501 g/mol. The third kappa shape index (κ3) is 5.30. The number of halogens is 3. The maximum atomic E-state index is 12.5. The van der Waals surface area contributed by atoms with Gasteiger partial charge in [0.1, 0.15) is 0 Å². The van der Waals surface area contributed by atoms with E-state index < -0.39 is 0 Å². The number of nitrogens with one attached hydrogen (secondary N) is 1. The Morgan fingerprint density at radius 3 is 2.50 bits per heavy atom. The minimum absolute atomic E-state index is 0.146. The maximum Gasteiger partial charge on any atom is 0.234 e. The molecule has 162 valence electrons. The smallest absolute Gasteiger partial charge is 0.234 e. The van der Waals surface area contributed by atoms with Gasteiger partial charge in [-0.05, 0) is 49.4 Å². The third-order valence-electron chi connectivity index (χ3n) is 4.68. The molecule has 0 radical (unpaired) electrons. The number of carbonyl (C=O) groups excluding carboxylic acids is 1. The van der Waals surface area contributed by atoms with Crippen molar-refractivity contribution in [2.45, 2.75) is 12.1 Å². The van der Waals surface area contributed by atoms with Gasteiger partial charge in [0.05, 0.1) is 27.7 Å². The first-order valence-electron chi connectivity index (χ1n) is 9.69. The van der Waals surface area contributed by atoms with Crippen molar-refractivity contribution < 1.29 is 4.79 Å². The fourth-order valence-corrected chi connectivity index (χ4v) is 4.41. The van der Waals surface area contributed by atoms with Crippen LogP contribution in [0.3, 0.4) is 0 Å². The molecule has 0 aliphatic rings. The molecule has 8 heteroatoms. The van der Waals surface area contributed by atoms with Crippen molar-refractivity contribution in [2.24, 2.45) is 0 Å². The zero-order valence-electron chi connectivity index (χ0n) is 17.0. The molecule has 0 unspecified atom stereocenters. The van der Waals surface area contributed by atoms with Crippen molar-refractivity contribution >= 4 is 58.2 Å². The first kappa shape index (κ1) is 22.7. The first-order chi connectivity index (χ1) is 15.4. The SMILES string of the molecule is Cc1ccc(-n2c(-c3ccc(Cl)c(Cl)c3)cnc2SCC(=O)Nc2cccc(Cl)c2)cc1. The number of aromatic nitrogens is 2. The van der Waals surface area contributed by atoms with E-state index >= 15 is 0 Å². The Kier molecular flexibility index (Phi) is 7.11. The summed E-state index contributed by atoms with van der Waals surface area (Å²) in [5.74, 6) is 0.0442. The highest BCUT2D eigenvalue weighted by molar-refractivity contribution is 7.99. The molecule has 1 amide bonds. The topological polar surface area (TPSA) is 46.9 Å². The molecule has 1 N–H and O–H groups in total. The van der Waals surface area contributed by atoms with Gasteiger partial charge in [-0.3, -0.25) is 9.36 Å². The standard InChI is InChI=1S/C24H18Cl3N3OS/c1-15-5-8-19(9-6-15)30-22(16-7-10-20(26)21(27)11-16)13-28-24(30)32-14-23(31)29-18-4-2-3-17(25)12-18/h2-13H,14H2,1H3,(H,29,31). The number of carbonyl (C=O) groups is 1. The number of hydrogen-bond acceptors (Lipinski definition) is 3. The van der Waals surface area contributed by atoms with Crippen LogP contribution in [-0.2, 0) is 4.79 Å². The molecule has 32 heavy (non-hydrogen) atoms. The number of nitrogens with zero attached hydrogens (tertiary/aromatic N) is 2. The van der Waals surface area contributed by atoms with Gasteiger partial charge in [-0.25, -0.2) is 4.98 Å². The largest absolute Gasteiger partial charge is 0.325 e. The molecular weight excluding hydrogens is 485 g/mol. The molecule has 3 aromatic carbocycles. The summed E-state index contributed by atoms with van der Waals surface area (Å²) in [4.78, 5) is 17.1. The highest BCUT2D eigenvalue weighted by Crippen LogP contribution is 2.33. The van der Waals surface area contributed by atoms with Gasteiger partial charge in [0.25, 0.3) is 0 Å². The minimum Gasteiger partial charge on any atom is -0.325 e. The van der Waals surface area contributed by atoms with Crippen LogP contribution in [0.15, 0.2) is 78.1 Å². The number of benzene rings is 3. The van der Waals surface area contributed by atoms with E-state index in [4.69, 9.17) is 34.8 Å². The Hall–Kier alpha value is -2.44. The van der Waals surface area contributed by atoms with Crippen LogP contribution in [-0.4, -0.2) is 21.2 Å². The third-order valence-corrected chi connectivity index (χ3v) is 6.60. The molecule has 0 bridgehead atoms. The molecule has 0 aliphatic heterocycles. The summed E-state index contributed by atoms with van der Waals surface area (Å²) in [5.41, 5.74) is 4.47. The molecule has 1 heterocycles. The Balaban J connectivity index is 1.63. The summed E-state index contributed by atoms with van der Waals surface area (Å²) in [5, 5.41) is 5.07. The van der Waals surface area contributed by atoms with E-state index in [1.54, 1.807) is 36.5 Å². The zero-order valence-corrected chi connectivity index (χ0v) is 20.1. The van der Waals surface area contributed by atoms with Crippen LogP contribution in [0.1, 0.15) is 5.56 Å². The van der Waals surface area contributed by atoms with Gasteiger partial charge in [0.2, 0.25) is 5.91 Å². The van der Waals surface area contributed by atoms with Gasteiger partial charge in [-0.1, -0.05) is 76.4 Å². The highest BCUT2D eigenvalue weighted by atomic mass is 35.5. The Bertz CT molecular complexity index is 1270. The van der Waals surface area contributed by atoms with E-state index in [1.165, 1.54) is 11.8 Å². The second-order valence-corrected chi connectivity index (χ2v) is 9.27. The van der Waals surface area contributed by atoms with Gasteiger partial charge in [-0.15, -0.1) is 0 Å². The lowest BCUT2D eigenvalue weighted by molar-refractivity contribution is -0.113. The van der Waals surface area contributed by atoms with Crippen LogP contribution in [0, 0.1) is 6.92 Å². The Labute approximate surface area is 205 Å². The van der Waals surface area contributed by atoms with Crippen molar-refractivity contribution in [1.82, 2.24) is 9.55 Å². The summed E-state index contributed by atoms with van der Waals surface area (Å²) < 4.78 is 2.01. The van der Waals surface area contributed by atoms with Crippen molar-refractivity contribution in [3.05, 3.63) is 93.6 Å². The molecule has 1 aromatic heterocycles. The molecule has 4 aromatic rings. The van der Waals surface area contributed by atoms with Crippen LogP contribution in [0.4, 0.5) is 5.69 Å². The number of aryl methyl sites for hydroxylation is 1. The number of hydrogen-bond donors (Lipinski definition) is 1. The number of thioether (sulfide) groups is 1. The van der Waals surface area contributed by atoms with E-state index in [0.29, 0.717) is 25.9 Å². The fourth-order valence-electron chi connectivity index (χ4n) is 3.13. The van der Waals surface area contributed by atoms with E-state index in [2.05, 4.69) is 10.3 Å². The van der Waals surface area contributed by atoms with Crippen molar-refractivity contribution in [1.29, 1.82) is 0 Å². The van der Waals surface area contributed by atoms with E-state index in [1.807, 2.05) is 47.9 Å². The van der Waals surface area contributed by atoms with Gasteiger partial charge in [-0.2, -0.15) is 0 Å². The molecule has 4 nitrogen and oxygen atoms in total. The van der Waals surface area contributed by atoms with Gasteiger partial charge >= 0.3 is 0 Å². The van der Waals surface area contributed by atoms with E-state index in [-0.39, 0.29) is 11.7 Å². The average molecular weight is 503 g/mol. The predicted octanol–water partition coefficient (Wildman–Crippen LogP) is 7.54. The van der Waals surface area contributed by atoms with Gasteiger partial charge in [0.15, 0.2) is 5.16 Å². The number of anilines is 1. The van der Waals surface area contributed by atoms with E-state index in [0.717, 1.165) is 22.5 Å². The van der Waals surface area contributed by atoms with Gasteiger partial charge < -0.3 is 5.32 Å². The minimum atomic E-state index is -0.146. The molecule has 0 atom stereocenters. The maximum absolute atomic E-state index is 12.5. The lowest BCUT2D eigenvalue weighted by Gasteiger charge is -2.13. The summed E-state index contributed by atoms with van der Waals surface area (Å²) in [6, 6.07) is 20.6. The fraction of sp³-hybridized carbons (Fsp3) is 0.0833. The van der Waals surface area contributed by atoms with Crippen LogP contribution < -0.4 is 5.32 Å². The molecule has 0 aliphatic carbocycles. The summed E-state index contributed by atoms with van der Waals surface area (Å²) in [6.45, 7) is 2.04. The van der Waals surface area contributed by atoms with Gasteiger partial charge in [0, 0.05) is 22.0 Å².